The molecule has 0 saturated carbocycles. The number of aliphatic carboxylic acids is 1. The second kappa shape index (κ2) is 4.82. The maximum atomic E-state index is 11.8. The van der Waals surface area contributed by atoms with Gasteiger partial charge in [-0.15, -0.1) is 22.7 Å². The lowest BCUT2D eigenvalue weighted by molar-refractivity contribution is -0.138. The number of anilines is 1. The molecule has 3 aromatic rings. The summed E-state index contributed by atoms with van der Waals surface area (Å²) in [4.78, 5) is 19.4. The van der Waals surface area contributed by atoms with Crippen molar-refractivity contribution in [2.24, 2.45) is 0 Å². The van der Waals surface area contributed by atoms with Gasteiger partial charge in [0.05, 0.1) is 0 Å². The molecule has 6 heteroatoms. The summed E-state index contributed by atoms with van der Waals surface area (Å²) in [5.41, 5.74) is 0.910. The van der Waals surface area contributed by atoms with Crippen LogP contribution in [0.1, 0.15) is 16.5 Å². The van der Waals surface area contributed by atoms with Crippen LogP contribution in [0.25, 0.3) is 10.1 Å². The first-order valence-corrected chi connectivity index (χ1v) is 8.39. The molecular weight excluding hydrogens is 304 g/mol. The quantitative estimate of drug-likeness (QED) is 0.785. The van der Waals surface area contributed by atoms with Crippen LogP contribution in [0.5, 0.6) is 0 Å². The van der Waals surface area contributed by atoms with Gasteiger partial charge < -0.3 is 10.0 Å². The molecule has 1 N–H and O–H groups in total. The minimum absolute atomic E-state index is 0.641. The summed E-state index contributed by atoms with van der Waals surface area (Å²) in [6, 6.07) is 5.28. The van der Waals surface area contributed by atoms with Crippen molar-refractivity contribution in [2.75, 3.05) is 11.4 Å². The molecule has 4 nitrogen and oxygen atoms in total. The van der Waals surface area contributed by atoms with E-state index >= 15 is 0 Å². The van der Waals surface area contributed by atoms with E-state index in [1.54, 1.807) is 28.9 Å². The van der Waals surface area contributed by atoms with Crippen LogP contribution in [0, 0.1) is 0 Å². The maximum Gasteiger partial charge on any atom is 0.331 e. The number of hydrogen-bond donors (Lipinski definition) is 1. The molecule has 0 aromatic carbocycles. The molecule has 21 heavy (non-hydrogen) atoms. The molecule has 1 aliphatic rings. The largest absolute Gasteiger partial charge is 0.479 e. The molecule has 4 rings (SSSR count). The molecule has 0 radical (unpaired) electrons. The second-order valence-electron chi connectivity index (χ2n) is 4.95. The van der Waals surface area contributed by atoms with Crippen molar-refractivity contribution in [3.05, 3.63) is 45.6 Å². The number of rotatable bonds is 2. The van der Waals surface area contributed by atoms with E-state index in [0.29, 0.717) is 6.54 Å². The van der Waals surface area contributed by atoms with Crippen LogP contribution in [-0.4, -0.2) is 22.6 Å². The number of carboxylic acid groups (broad SMARTS) is 1. The Labute approximate surface area is 129 Å². The highest BCUT2D eigenvalue weighted by Gasteiger charge is 2.35. The third kappa shape index (κ3) is 1.94. The Morgan fingerprint density at radius 3 is 3.00 bits per heavy atom. The van der Waals surface area contributed by atoms with E-state index < -0.39 is 12.0 Å². The number of aromatic nitrogens is 1. The highest BCUT2D eigenvalue weighted by atomic mass is 32.1. The summed E-state index contributed by atoms with van der Waals surface area (Å²) in [7, 11) is 0. The van der Waals surface area contributed by atoms with Crippen molar-refractivity contribution < 1.29 is 9.90 Å². The Morgan fingerprint density at radius 1 is 1.29 bits per heavy atom. The van der Waals surface area contributed by atoms with Crippen molar-refractivity contribution in [1.29, 1.82) is 0 Å². The third-order valence-corrected chi connectivity index (χ3v) is 5.71. The summed E-state index contributed by atoms with van der Waals surface area (Å²) in [5.74, 6) is -0.0404. The number of nitrogens with zero attached hydrogens (tertiary/aromatic N) is 2. The zero-order chi connectivity index (χ0) is 14.4. The van der Waals surface area contributed by atoms with Gasteiger partial charge in [-0.2, -0.15) is 0 Å². The Balaban J connectivity index is 1.88. The number of thiophene rings is 2. The molecular formula is C15H12N2O2S2. The summed E-state index contributed by atoms with van der Waals surface area (Å²) >= 11 is 3.29. The topological polar surface area (TPSA) is 53.4 Å². The molecule has 1 unspecified atom stereocenters. The average molecular weight is 316 g/mol. The van der Waals surface area contributed by atoms with Crippen molar-refractivity contribution in [1.82, 2.24) is 4.98 Å². The number of carboxylic acids is 1. The van der Waals surface area contributed by atoms with E-state index in [4.69, 9.17) is 0 Å². The standard InChI is InChI=1S/C15H12N2O2S2/c18-15(19)13-9-3-7-21-12(9)2-6-17(13)14-10-4-8-20-11(10)1-5-16-14/h1,3-5,7-8,13H,2,6H2,(H,18,19). The molecule has 4 heterocycles. The number of pyridine rings is 1. The first kappa shape index (κ1) is 12.8. The van der Waals surface area contributed by atoms with E-state index in [2.05, 4.69) is 4.98 Å². The van der Waals surface area contributed by atoms with Crippen LogP contribution in [0.2, 0.25) is 0 Å². The summed E-state index contributed by atoms with van der Waals surface area (Å²) in [5, 5.41) is 14.7. The summed E-state index contributed by atoms with van der Waals surface area (Å²) in [6.45, 7) is 0.687. The molecule has 0 amide bonds. The van der Waals surface area contributed by atoms with Gasteiger partial charge in [0.25, 0.3) is 0 Å². The highest BCUT2D eigenvalue weighted by Crippen LogP contribution is 2.39. The fraction of sp³-hybridized carbons (Fsp3) is 0.200. The number of carbonyl (C=O) groups is 1. The van der Waals surface area contributed by atoms with Crippen LogP contribution >= 0.6 is 22.7 Å². The lowest BCUT2D eigenvalue weighted by Crippen LogP contribution is -2.39. The molecule has 3 aromatic heterocycles. The van der Waals surface area contributed by atoms with Crippen molar-refractivity contribution in [3.8, 4) is 0 Å². The van der Waals surface area contributed by atoms with Gasteiger partial charge in [-0.05, 0) is 40.9 Å². The van der Waals surface area contributed by atoms with Gasteiger partial charge in [-0.1, -0.05) is 0 Å². The first-order chi connectivity index (χ1) is 10.3. The van der Waals surface area contributed by atoms with Crippen molar-refractivity contribution >= 4 is 44.5 Å². The zero-order valence-electron chi connectivity index (χ0n) is 11.0. The predicted octanol–water partition coefficient (Wildman–Crippen LogP) is 3.55. The molecule has 1 aliphatic heterocycles. The normalized spacial score (nSPS) is 17.9. The predicted molar refractivity (Wildman–Crippen MR) is 85.4 cm³/mol. The first-order valence-electron chi connectivity index (χ1n) is 6.63. The minimum atomic E-state index is -0.816. The molecule has 106 valence electrons. The molecule has 1 atom stereocenters. The van der Waals surface area contributed by atoms with Crippen LogP contribution < -0.4 is 4.90 Å². The van der Waals surface area contributed by atoms with Gasteiger partial charge in [-0.3, -0.25) is 0 Å². The SMILES string of the molecule is O=C(O)C1c2ccsc2CCN1c1nccc2sccc12. The maximum absolute atomic E-state index is 11.8. The molecule has 0 aliphatic carbocycles. The molecule has 0 saturated heterocycles. The van der Waals surface area contributed by atoms with E-state index in [1.807, 2.05) is 33.9 Å². The molecule has 0 fully saturated rings. The number of hydrogen-bond acceptors (Lipinski definition) is 5. The smallest absolute Gasteiger partial charge is 0.331 e. The fourth-order valence-electron chi connectivity index (χ4n) is 2.92. The van der Waals surface area contributed by atoms with Crippen molar-refractivity contribution in [3.63, 3.8) is 0 Å². The minimum Gasteiger partial charge on any atom is -0.479 e. The van der Waals surface area contributed by atoms with Gasteiger partial charge >= 0.3 is 5.97 Å². The highest BCUT2D eigenvalue weighted by molar-refractivity contribution is 7.17. The van der Waals surface area contributed by atoms with Gasteiger partial charge in [0.2, 0.25) is 0 Å². The summed E-state index contributed by atoms with van der Waals surface area (Å²) in [6.07, 6.45) is 2.63. The summed E-state index contributed by atoms with van der Waals surface area (Å²) < 4.78 is 1.14. The lowest BCUT2D eigenvalue weighted by atomic mass is 9.99. The lowest BCUT2D eigenvalue weighted by Gasteiger charge is -2.34. The van der Waals surface area contributed by atoms with E-state index in [0.717, 1.165) is 27.9 Å². The van der Waals surface area contributed by atoms with Crippen LogP contribution in [0.3, 0.4) is 0 Å². The van der Waals surface area contributed by atoms with E-state index in [9.17, 15) is 9.90 Å². The Hall–Kier alpha value is -1.92. The zero-order valence-corrected chi connectivity index (χ0v) is 12.7. The Morgan fingerprint density at radius 2 is 2.14 bits per heavy atom. The van der Waals surface area contributed by atoms with Gasteiger partial charge in [0, 0.05) is 27.7 Å². The monoisotopic (exact) mass is 316 g/mol. The van der Waals surface area contributed by atoms with E-state index in [1.165, 1.54) is 4.88 Å². The molecule has 0 spiro atoms. The Kier molecular flexibility index (Phi) is 2.94. The van der Waals surface area contributed by atoms with Crippen LogP contribution in [0.15, 0.2) is 35.2 Å². The van der Waals surface area contributed by atoms with Gasteiger partial charge in [0.15, 0.2) is 6.04 Å². The van der Waals surface area contributed by atoms with Crippen LogP contribution in [-0.2, 0) is 11.2 Å². The van der Waals surface area contributed by atoms with Crippen LogP contribution in [0.4, 0.5) is 5.82 Å². The molecule has 0 bridgehead atoms. The number of fused-ring (bicyclic) bond motifs is 2. The van der Waals surface area contributed by atoms with E-state index in [-0.39, 0.29) is 0 Å². The average Bonchev–Trinajstić information content (AvgIpc) is 3.13. The third-order valence-electron chi connectivity index (χ3n) is 3.83. The van der Waals surface area contributed by atoms with Gasteiger partial charge in [0.1, 0.15) is 5.82 Å². The van der Waals surface area contributed by atoms with Gasteiger partial charge in [-0.25, -0.2) is 9.78 Å². The van der Waals surface area contributed by atoms with Crippen molar-refractivity contribution in [2.45, 2.75) is 12.5 Å². The fourth-order valence-corrected chi connectivity index (χ4v) is 4.60. The second-order valence-corrected chi connectivity index (χ2v) is 6.90. The Bertz CT molecular complexity index is 824.